The number of nitrogens with zero attached hydrogens (tertiary/aromatic N) is 1. The van der Waals surface area contributed by atoms with Crippen molar-refractivity contribution in [3.05, 3.63) is 71.8 Å². The second-order valence-electron chi connectivity index (χ2n) is 5.45. The molecule has 0 N–H and O–H groups in total. The number of quaternary nitrogens is 1. The van der Waals surface area contributed by atoms with Gasteiger partial charge >= 0.3 is 0 Å². The van der Waals surface area contributed by atoms with Gasteiger partial charge < -0.3 is 4.48 Å². The first kappa shape index (κ1) is 14.9. The van der Waals surface area contributed by atoms with Crippen LogP contribution in [0.2, 0.25) is 0 Å². The van der Waals surface area contributed by atoms with E-state index in [4.69, 9.17) is 6.42 Å². The molecule has 104 valence electrons. The van der Waals surface area contributed by atoms with Gasteiger partial charge in [-0.05, 0) is 24.0 Å². The highest BCUT2D eigenvalue weighted by atomic mass is 15.3. The Hall–Kier alpha value is -2.48. The number of rotatable bonds is 4. The molecule has 0 spiro atoms. The van der Waals surface area contributed by atoms with Crippen molar-refractivity contribution < 1.29 is 4.48 Å². The zero-order valence-electron chi connectivity index (χ0n) is 12.4. The number of benzene rings is 2. The highest BCUT2D eigenvalue weighted by molar-refractivity contribution is 5.33. The fourth-order valence-electron chi connectivity index (χ4n) is 2.27. The maximum atomic E-state index is 5.54. The first-order valence-corrected chi connectivity index (χ1v) is 7.07. The van der Waals surface area contributed by atoms with Crippen molar-refractivity contribution in [3.63, 3.8) is 0 Å². The zero-order chi connectivity index (χ0) is 15.0. The van der Waals surface area contributed by atoms with Gasteiger partial charge in [0, 0.05) is 11.1 Å². The molecule has 0 aliphatic carbocycles. The molecule has 2 rings (SSSR count). The van der Waals surface area contributed by atoms with Crippen molar-refractivity contribution in [1.29, 1.82) is 0 Å². The predicted molar refractivity (Wildman–Crippen MR) is 88.2 cm³/mol. The van der Waals surface area contributed by atoms with Crippen molar-refractivity contribution in [2.24, 2.45) is 0 Å². The Morgan fingerprint density at radius 1 is 0.905 bits per heavy atom. The first-order valence-electron chi connectivity index (χ1n) is 7.07. The van der Waals surface area contributed by atoms with Crippen LogP contribution in [-0.4, -0.2) is 24.6 Å². The molecular weight excluding hydrogens is 254 g/mol. The zero-order valence-corrected chi connectivity index (χ0v) is 12.4. The fraction of sp³-hybridized carbons (Fsp3) is 0.200. The highest BCUT2D eigenvalue weighted by Crippen LogP contribution is 2.11. The summed E-state index contributed by atoms with van der Waals surface area (Å²) >= 11 is 0. The molecule has 0 aromatic heterocycles. The van der Waals surface area contributed by atoms with Crippen LogP contribution >= 0.6 is 0 Å². The summed E-state index contributed by atoms with van der Waals surface area (Å²) in [6.45, 7) is 2.32. The highest BCUT2D eigenvalue weighted by Gasteiger charge is 2.19. The molecule has 0 amide bonds. The topological polar surface area (TPSA) is 0 Å². The summed E-state index contributed by atoms with van der Waals surface area (Å²) in [5.41, 5.74) is 2.33. The van der Waals surface area contributed by atoms with Crippen LogP contribution in [0.4, 0.5) is 0 Å². The van der Waals surface area contributed by atoms with E-state index in [9.17, 15) is 0 Å². The van der Waals surface area contributed by atoms with E-state index in [2.05, 4.69) is 49.1 Å². The minimum atomic E-state index is 0.679. The molecule has 0 aliphatic heterocycles. The molecule has 2 aromatic carbocycles. The van der Waals surface area contributed by atoms with E-state index < -0.39 is 0 Å². The van der Waals surface area contributed by atoms with Crippen molar-refractivity contribution in [3.8, 4) is 24.2 Å². The molecule has 21 heavy (non-hydrogen) atoms. The maximum Gasteiger partial charge on any atom is 0.142 e. The summed E-state index contributed by atoms with van der Waals surface area (Å²) in [5.74, 6) is 9.27. The van der Waals surface area contributed by atoms with Gasteiger partial charge in [-0.15, -0.1) is 6.42 Å². The third-order valence-electron chi connectivity index (χ3n) is 3.35. The van der Waals surface area contributed by atoms with E-state index in [1.807, 2.05) is 36.4 Å². The predicted octanol–water partition coefficient (Wildman–Crippen LogP) is 3.32. The van der Waals surface area contributed by atoms with Crippen LogP contribution in [0.3, 0.4) is 0 Å². The summed E-state index contributed by atoms with van der Waals surface area (Å²) in [5, 5.41) is 0. The Bertz CT molecular complexity index is 656. The van der Waals surface area contributed by atoms with E-state index in [1.165, 1.54) is 5.56 Å². The standard InChI is InChI=1S/C20H20N/c1-3-16-21(2,18-20-13-8-5-9-14-20)17-10-15-19-11-6-4-7-12-19/h1,4-9,11-14H,16-18H2,2H3/q+1. The van der Waals surface area contributed by atoms with Gasteiger partial charge in [-0.3, -0.25) is 0 Å². The van der Waals surface area contributed by atoms with Crippen molar-refractivity contribution in [2.45, 2.75) is 6.54 Å². The number of hydrogen-bond donors (Lipinski definition) is 0. The van der Waals surface area contributed by atoms with Crippen LogP contribution < -0.4 is 0 Å². The summed E-state index contributed by atoms with van der Waals surface area (Å²) in [6, 6.07) is 20.5. The van der Waals surface area contributed by atoms with E-state index >= 15 is 0 Å². The summed E-state index contributed by atoms with van der Waals surface area (Å²) < 4.78 is 0.736. The molecule has 1 heteroatoms. The molecule has 0 saturated carbocycles. The number of terminal acetylenes is 1. The molecule has 0 saturated heterocycles. The largest absolute Gasteiger partial charge is 0.302 e. The molecule has 0 radical (unpaired) electrons. The maximum absolute atomic E-state index is 5.54. The summed E-state index contributed by atoms with van der Waals surface area (Å²) in [7, 11) is 2.16. The quantitative estimate of drug-likeness (QED) is 0.593. The van der Waals surface area contributed by atoms with Crippen LogP contribution in [0, 0.1) is 24.2 Å². The molecule has 1 atom stereocenters. The van der Waals surface area contributed by atoms with E-state index in [1.54, 1.807) is 0 Å². The lowest BCUT2D eigenvalue weighted by Gasteiger charge is -2.30. The van der Waals surface area contributed by atoms with Gasteiger partial charge in [0.2, 0.25) is 0 Å². The Morgan fingerprint density at radius 2 is 1.52 bits per heavy atom. The Morgan fingerprint density at radius 3 is 2.14 bits per heavy atom. The van der Waals surface area contributed by atoms with Crippen molar-refractivity contribution in [2.75, 3.05) is 20.1 Å². The van der Waals surface area contributed by atoms with Crippen molar-refractivity contribution in [1.82, 2.24) is 0 Å². The van der Waals surface area contributed by atoms with Crippen LogP contribution in [0.15, 0.2) is 60.7 Å². The Kier molecular flexibility index (Phi) is 5.22. The van der Waals surface area contributed by atoms with Gasteiger partial charge in [-0.25, -0.2) is 0 Å². The third kappa shape index (κ3) is 4.84. The summed E-state index contributed by atoms with van der Waals surface area (Å²) in [6.07, 6.45) is 5.54. The molecule has 0 bridgehead atoms. The number of hydrogen-bond acceptors (Lipinski definition) is 0. The van der Waals surface area contributed by atoms with Gasteiger partial charge in [0.1, 0.15) is 19.6 Å². The van der Waals surface area contributed by atoms with Gasteiger partial charge in [0.05, 0.1) is 7.05 Å². The molecule has 0 heterocycles. The minimum Gasteiger partial charge on any atom is -0.302 e. The average Bonchev–Trinajstić information content (AvgIpc) is 2.49. The second-order valence-corrected chi connectivity index (χ2v) is 5.45. The molecule has 2 aromatic rings. The van der Waals surface area contributed by atoms with Gasteiger partial charge in [0.15, 0.2) is 0 Å². The van der Waals surface area contributed by atoms with E-state index in [-0.39, 0.29) is 0 Å². The van der Waals surface area contributed by atoms with Crippen LogP contribution in [0.5, 0.6) is 0 Å². The Labute approximate surface area is 127 Å². The summed E-state index contributed by atoms with van der Waals surface area (Å²) in [4.78, 5) is 0. The lowest BCUT2D eigenvalue weighted by Crippen LogP contribution is -2.43. The van der Waals surface area contributed by atoms with Crippen molar-refractivity contribution >= 4 is 0 Å². The van der Waals surface area contributed by atoms with Gasteiger partial charge in [-0.1, -0.05) is 54.5 Å². The molecule has 0 aliphatic rings. The molecule has 0 fully saturated rings. The molecule has 1 nitrogen and oxygen atoms in total. The molecular formula is C20H20N+. The second kappa shape index (κ2) is 7.34. The smallest absolute Gasteiger partial charge is 0.142 e. The minimum absolute atomic E-state index is 0.679. The van der Waals surface area contributed by atoms with Crippen LogP contribution in [-0.2, 0) is 6.54 Å². The fourth-order valence-corrected chi connectivity index (χ4v) is 2.27. The SMILES string of the molecule is C#CC[N+](C)(CC#Cc1ccccc1)Cc1ccccc1. The van der Waals surface area contributed by atoms with Gasteiger partial charge in [-0.2, -0.15) is 0 Å². The lowest BCUT2D eigenvalue weighted by molar-refractivity contribution is -0.909. The average molecular weight is 274 g/mol. The van der Waals surface area contributed by atoms with Gasteiger partial charge in [0.25, 0.3) is 0 Å². The Balaban J connectivity index is 2.08. The lowest BCUT2D eigenvalue weighted by atomic mass is 10.2. The third-order valence-corrected chi connectivity index (χ3v) is 3.35. The monoisotopic (exact) mass is 274 g/mol. The van der Waals surface area contributed by atoms with E-state index in [0.29, 0.717) is 6.54 Å². The van der Waals surface area contributed by atoms with Crippen LogP contribution in [0.25, 0.3) is 0 Å². The normalized spacial score (nSPS) is 12.6. The molecule has 1 unspecified atom stereocenters. The van der Waals surface area contributed by atoms with E-state index in [0.717, 1.165) is 23.1 Å². The first-order chi connectivity index (χ1) is 10.2. The van der Waals surface area contributed by atoms with Crippen LogP contribution in [0.1, 0.15) is 11.1 Å².